The van der Waals surface area contributed by atoms with Crippen LogP contribution in [0.5, 0.6) is 0 Å². The molecule has 1 fully saturated rings. The van der Waals surface area contributed by atoms with Crippen LogP contribution in [-0.4, -0.2) is 44.3 Å². The van der Waals surface area contributed by atoms with Crippen molar-refractivity contribution in [1.82, 2.24) is 9.62 Å². The highest BCUT2D eigenvalue weighted by atomic mass is 79.9. The molecule has 0 spiro atoms. The molecule has 31 heavy (non-hydrogen) atoms. The molecule has 0 bridgehead atoms. The van der Waals surface area contributed by atoms with Crippen molar-refractivity contribution in [2.75, 3.05) is 19.7 Å². The van der Waals surface area contributed by atoms with Crippen molar-refractivity contribution in [3.63, 3.8) is 0 Å². The first-order valence-electron chi connectivity index (χ1n) is 10.1. The molecule has 1 heterocycles. The Kier molecular flexibility index (Phi) is 7.85. The second-order valence-electron chi connectivity index (χ2n) is 7.41. The van der Waals surface area contributed by atoms with Gasteiger partial charge in [0.1, 0.15) is 0 Å². The Morgan fingerprint density at radius 2 is 1.65 bits per heavy atom. The smallest absolute Gasteiger partial charge is 0.338 e. The van der Waals surface area contributed by atoms with Crippen molar-refractivity contribution >= 4 is 37.8 Å². The van der Waals surface area contributed by atoms with Crippen LogP contribution in [0, 0.1) is 0 Å². The molecule has 0 aromatic heterocycles. The number of esters is 1. The number of nitrogens with one attached hydrogen (secondary N) is 1. The topological polar surface area (TPSA) is 92.8 Å². The van der Waals surface area contributed by atoms with Crippen LogP contribution in [0.3, 0.4) is 0 Å². The minimum atomic E-state index is -3.56. The van der Waals surface area contributed by atoms with Crippen molar-refractivity contribution in [2.45, 2.75) is 37.1 Å². The largest absolute Gasteiger partial charge is 0.452 e. The Morgan fingerprint density at radius 1 is 1.03 bits per heavy atom. The second kappa shape index (κ2) is 10.4. The van der Waals surface area contributed by atoms with E-state index < -0.39 is 28.5 Å². The monoisotopic (exact) mass is 508 g/mol. The van der Waals surface area contributed by atoms with Gasteiger partial charge in [-0.1, -0.05) is 34.5 Å². The van der Waals surface area contributed by atoms with Crippen LogP contribution >= 0.6 is 15.9 Å². The number of halogens is 1. The summed E-state index contributed by atoms with van der Waals surface area (Å²) in [6.45, 7) is 2.44. The standard InChI is InChI=1S/C22H25BrN2O5S/c1-16(17-5-9-19(23)10-6-17)24-21(26)15-30-22(27)18-7-11-20(12-8-18)31(28,29)25-13-3-2-4-14-25/h5-12,16H,2-4,13-15H2,1H3,(H,24,26)/t16-/m0/s1. The lowest BCUT2D eigenvalue weighted by atomic mass is 10.1. The third kappa shape index (κ3) is 6.15. The Balaban J connectivity index is 1.53. The van der Waals surface area contributed by atoms with Crippen LogP contribution < -0.4 is 5.32 Å². The van der Waals surface area contributed by atoms with Crippen LogP contribution in [-0.2, 0) is 19.6 Å². The molecule has 1 aliphatic rings. The molecule has 2 aromatic carbocycles. The highest BCUT2D eigenvalue weighted by Crippen LogP contribution is 2.21. The van der Waals surface area contributed by atoms with Gasteiger partial charge in [0.15, 0.2) is 6.61 Å². The SMILES string of the molecule is C[C@H](NC(=O)COC(=O)c1ccc(S(=O)(=O)N2CCCCC2)cc1)c1ccc(Br)cc1. The number of amides is 1. The number of nitrogens with zero attached hydrogens (tertiary/aromatic N) is 1. The summed E-state index contributed by atoms with van der Waals surface area (Å²) in [6.07, 6.45) is 2.74. The molecule has 7 nitrogen and oxygen atoms in total. The Hall–Kier alpha value is -2.23. The van der Waals surface area contributed by atoms with Crippen molar-refractivity contribution in [3.8, 4) is 0 Å². The Morgan fingerprint density at radius 3 is 2.26 bits per heavy atom. The first kappa shape index (κ1) is 23.4. The van der Waals surface area contributed by atoms with Crippen molar-refractivity contribution in [3.05, 3.63) is 64.1 Å². The lowest BCUT2D eigenvalue weighted by molar-refractivity contribution is -0.124. The molecule has 2 aromatic rings. The summed E-state index contributed by atoms with van der Waals surface area (Å²) in [7, 11) is -3.56. The predicted molar refractivity (Wildman–Crippen MR) is 120 cm³/mol. The van der Waals surface area contributed by atoms with Gasteiger partial charge in [-0.3, -0.25) is 4.79 Å². The van der Waals surface area contributed by atoms with Gasteiger partial charge in [-0.15, -0.1) is 0 Å². The number of ether oxygens (including phenoxy) is 1. The van der Waals surface area contributed by atoms with Crippen molar-refractivity contribution in [2.24, 2.45) is 0 Å². The van der Waals surface area contributed by atoms with Crippen LogP contribution in [0.2, 0.25) is 0 Å². The summed E-state index contributed by atoms with van der Waals surface area (Å²) in [4.78, 5) is 24.5. The van der Waals surface area contributed by atoms with Gasteiger partial charge in [0.05, 0.1) is 16.5 Å². The number of rotatable bonds is 7. The Labute approximate surface area is 191 Å². The van der Waals surface area contributed by atoms with Crippen LogP contribution in [0.15, 0.2) is 57.9 Å². The molecular formula is C22H25BrN2O5S. The molecule has 0 aliphatic carbocycles. The Bertz CT molecular complexity index is 1020. The number of hydrogen-bond acceptors (Lipinski definition) is 5. The van der Waals surface area contributed by atoms with Crippen molar-refractivity contribution < 1.29 is 22.7 Å². The fourth-order valence-electron chi connectivity index (χ4n) is 3.35. The molecule has 9 heteroatoms. The molecule has 3 rings (SSSR count). The predicted octanol–water partition coefficient (Wildman–Crippen LogP) is 3.66. The van der Waals surface area contributed by atoms with E-state index in [9.17, 15) is 18.0 Å². The van der Waals surface area contributed by atoms with Crippen LogP contribution in [0.1, 0.15) is 48.1 Å². The number of carbonyl (C=O) groups is 2. The van der Waals surface area contributed by atoms with Crippen molar-refractivity contribution in [1.29, 1.82) is 0 Å². The molecular weight excluding hydrogens is 484 g/mol. The van der Waals surface area contributed by atoms with E-state index >= 15 is 0 Å². The minimum Gasteiger partial charge on any atom is -0.452 e. The lowest BCUT2D eigenvalue weighted by Crippen LogP contribution is -2.35. The minimum absolute atomic E-state index is 0.145. The molecule has 0 radical (unpaired) electrons. The average Bonchev–Trinajstić information content (AvgIpc) is 2.78. The van der Waals surface area contributed by atoms with Gasteiger partial charge in [0, 0.05) is 17.6 Å². The normalized spacial score (nSPS) is 15.8. The number of carbonyl (C=O) groups excluding carboxylic acids is 2. The molecule has 166 valence electrons. The van der Waals surface area contributed by atoms with Gasteiger partial charge in [0.2, 0.25) is 10.0 Å². The van der Waals surface area contributed by atoms with Gasteiger partial charge >= 0.3 is 5.97 Å². The summed E-state index contributed by atoms with van der Waals surface area (Å²) in [5, 5.41) is 2.77. The van der Waals surface area contributed by atoms with Crippen LogP contribution in [0.4, 0.5) is 0 Å². The average molecular weight is 509 g/mol. The third-order valence-corrected chi connectivity index (χ3v) is 7.57. The highest BCUT2D eigenvalue weighted by Gasteiger charge is 2.26. The molecule has 1 aliphatic heterocycles. The maximum atomic E-state index is 12.7. The lowest BCUT2D eigenvalue weighted by Gasteiger charge is -2.25. The van der Waals surface area contributed by atoms with E-state index in [1.807, 2.05) is 31.2 Å². The van der Waals surface area contributed by atoms with E-state index in [1.54, 1.807) is 0 Å². The quantitative estimate of drug-likeness (QED) is 0.576. The third-order valence-electron chi connectivity index (χ3n) is 5.12. The fourth-order valence-corrected chi connectivity index (χ4v) is 5.13. The molecule has 1 amide bonds. The first-order chi connectivity index (χ1) is 14.8. The summed E-state index contributed by atoms with van der Waals surface area (Å²) in [6, 6.07) is 12.9. The number of sulfonamides is 1. The first-order valence-corrected chi connectivity index (χ1v) is 12.3. The zero-order valence-corrected chi connectivity index (χ0v) is 19.6. The van der Waals surface area contributed by atoms with Gasteiger partial charge in [-0.05, 0) is 61.7 Å². The molecule has 1 atom stereocenters. The number of hydrogen-bond donors (Lipinski definition) is 1. The fraction of sp³-hybridized carbons (Fsp3) is 0.364. The maximum Gasteiger partial charge on any atom is 0.338 e. The second-order valence-corrected chi connectivity index (χ2v) is 10.3. The van der Waals surface area contributed by atoms with E-state index in [-0.39, 0.29) is 16.5 Å². The van der Waals surface area contributed by atoms with Gasteiger partial charge in [0.25, 0.3) is 5.91 Å². The zero-order valence-electron chi connectivity index (χ0n) is 17.2. The summed E-state index contributed by atoms with van der Waals surface area (Å²) in [5.74, 6) is -1.11. The van der Waals surface area contributed by atoms with Gasteiger partial charge in [-0.25, -0.2) is 13.2 Å². The number of benzene rings is 2. The van der Waals surface area contributed by atoms with Gasteiger partial charge < -0.3 is 10.1 Å². The number of piperidine rings is 1. The summed E-state index contributed by atoms with van der Waals surface area (Å²) >= 11 is 3.36. The van der Waals surface area contributed by atoms with E-state index in [1.165, 1.54) is 28.6 Å². The van der Waals surface area contributed by atoms with E-state index in [0.717, 1.165) is 29.3 Å². The van der Waals surface area contributed by atoms with Gasteiger partial charge in [-0.2, -0.15) is 4.31 Å². The molecule has 1 saturated heterocycles. The summed E-state index contributed by atoms with van der Waals surface area (Å²) < 4.78 is 32.8. The molecule has 0 unspecified atom stereocenters. The zero-order chi connectivity index (χ0) is 22.4. The molecule has 0 saturated carbocycles. The molecule has 1 N–H and O–H groups in total. The van der Waals surface area contributed by atoms with E-state index in [4.69, 9.17) is 4.74 Å². The van der Waals surface area contributed by atoms with E-state index in [0.29, 0.717) is 13.1 Å². The van der Waals surface area contributed by atoms with Crippen LogP contribution in [0.25, 0.3) is 0 Å². The summed E-state index contributed by atoms with van der Waals surface area (Å²) in [5.41, 5.74) is 1.11. The highest BCUT2D eigenvalue weighted by molar-refractivity contribution is 9.10. The van der Waals surface area contributed by atoms with E-state index in [2.05, 4.69) is 21.2 Å². The maximum absolute atomic E-state index is 12.7.